The molecule has 0 unspecified atom stereocenters. The maximum Gasteiger partial charge on any atom is 0.232 e. The van der Waals surface area contributed by atoms with E-state index in [4.69, 9.17) is 0 Å². The van der Waals surface area contributed by atoms with Crippen LogP contribution in [0.5, 0.6) is 0 Å². The first-order chi connectivity index (χ1) is 24.3. The first-order valence-corrected chi connectivity index (χ1v) is 17.3. The van der Waals surface area contributed by atoms with Gasteiger partial charge in [0.05, 0.1) is 29.2 Å². The zero-order chi connectivity index (χ0) is 35.0. The summed E-state index contributed by atoms with van der Waals surface area (Å²) in [6.45, 7) is 9.09. The highest BCUT2D eigenvalue weighted by Gasteiger charge is 2.22. The van der Waals surface area contributed by atoms with E-state index in [2.05, 4.69) is 81.7 Å². The van der Waals surface area contributed by atoms with Gasteiger partial charge in [0.2, 0.25) is 11.9 Å². The van der Waals surface area contributed by atoms with Gasteiger partial charge in [0.1, 0.15) is 17.1 Å². The molecule has 0 radical (unpaired) electrons. The van der Waals surface area contributed by atoms with Gasteiger partial charge in [-0.15, -0.1) is 4.48 Å². The van der Waals surface area contributed by atoms with Crippen molar-refractivity contribution in [1.29, 1.82) is 0 Å². The fourth-order valence-electron chi connectivity index (χ4n) is 5.08. The van der Waals surface area contributed by atoms with Crippen molar-refractivity contribution in [2.75, 3.05) is 48.7 Å². The number of rotatable bonds is 13. The number of aromatic amines is 2. The number of likely N-dealkylation sites (N-methyl/N-ethyl adjacent to an activating group) is 1. The number of nitrogens with zero attached hydrogens (tertiary/aromatic N) is 9. The lowest BCUT2D eigenvalue weighted by molar-refractivity contribution is 0.373. The first-order valence-electron chi connectivity index (χ1n) is 17.3. The molecule has 2 aliphatic rings. The first kappa shape index (κ1) is 34.6. The molecule has 8 rings (SSSR count). The Balaban J connectivity index is 0.000000152. The predicted molar refractivity (Wildman–Crippen MR) is 197 cm³/mol. The molecule has 6 aromatic rings. The van der Waals surface area contributed by atoms with Gasteiger partial charge in [-0.25, -0.2) is 5.54 Å². The van der Waals surface area contributed by atoms with E-state index in [1.54, 1.807) is 24.0 Å². The lowest BCUT2D eigenvalue weighted by atomic mass is 10.3. The second kappa shape index (κ2) is 16.0. The summed E-state index contributed by atoms with van der Waals surface area (Å²) < 4.78 is 16.6. The third kappa shape index (κ3) is 9.46. The van der Waals surface area contributed by atoms with Crippen LogP contribution in [-0.4, -0.2) is 81.5 Å². The van der Waals surface area contributed by atoms with Crippen molar-refractivity contribution in [3.8, 4) is 0 Å². The number of aromatic nitrogens is 10. The minimum Gasteiger partial charge on any atom is -0.369 e. The Morgan fingerprint density at radius 2 is 1.56 bits per heavy atom. The lowest BCUT2D eigenvalue weighted by Gasteiger charge is -2.09. The van der Waals surface area contributed by atoms with Crippen molar-refractivity contribution < 1.29 is 4.48 Å². The Hall–Kier alpha value is -5.25. The van der Waals surface area contributed by atoms with Gasteiger partial charge in [0.15, 0.2) is 11.6 Å². The maximum atomic E-state index is 12.8. The van der Waals surface area contributed by atoms with E-state index in [9.17, 15) is 4.48 Å². The largest absolute Gasteiger partial charge is 0.369 e. The normalized spacial score (nSPS) is 14.0. The van der Waals surface area contributed by atoms with Crippen LogP contribution in [0, 0.1) is 11.8 Å². The van der Waals surface area contributed by atoms with Crippen LogP contribution < -0.4 is 21.5 Å². The molecule has 2 fully saturated rings. The molecule has 266 valence electrons. The number of nitrogens with one attached hydrogen (secondary N) is 6. The summed E-state index contributed by atoms with van der Waals surface area (Å²) in [5.74, 6) is 4.50. The van der Waals surface area contributed by atoms with Gasteiger partial charge in [0.25, 0.3) is 0 Å². The quantitative estimate of drug-likeness (QED) is 0.0702. The average Bonchev–Trinajstić information content (AvgIpc) is 3.85. The summed E-state index contributed by atoms with van der Waals surface area (Å²) in [6, 6.07) is 5.97. The number of halogens is 1. The molecule has 6 N–H and O–H groups in total. The van der Waals surface area contributed by atoms with Gasteiger partial charge >= 0.3 is 0 Å². The molecule has 2 saturated carbocycles. The van der Waals surface area contributed by atoms with E-state index in [0.717, 1.165) is 59.8 Å². The molecule has 15 nitrogen and oxygen atoms in total. The maximum absolute atomic E-state index is 12.8. The monoisotopic (exact) mass is 685 g/mol. The molecule has 0 aromatic carbocycles. The zero-order valence-corrected chi connectivity index (χ0v) is 29.4. The molecule has 0 bridgehead atoms. The second-order valence-electron chi connectivity index (χ2n) is 13.4. The minimum atomic E-state index is 0.119. The molecule has 50 heavy (non-hydrogen) atoms. The minimum absolute atomic E-state index is 0.119. The van der Waals surface area contributed by atoms with E-state index >= 15 is 0 Å². The van der Waals surface area contributed by atoms with Crippen LogP contribution >= 0.6 is 0 Å². The highest BCUT2D eigenvalue weighted by molar-refractivity contribution is 5.89. The summed E-state index contributed by atoms with van der Waals surface area (Å²) in [5, 5.41) is 20.0. The number of anilines is 6. The Labute approximate surface area is 290 Å². The van der Waals surface area contributed by atoms with Crippen molar-refractivity contribution in [2.45, 2.75) is 65.5 Å². The molecule has 6 heterocycles. The Bertz CT molecular complexity index is 1950. The highest BCUT2D eigenvalue weighted by Crippen LogP contribution is 2.32. The molecule has 0 amide bonds. The van der Waals surface area contributed by atoms with Crippen LogP contribution in [0.1, 0.15) is 58.9 Å². The predicted octanol–water partition coefficient (Wildman–Crippen LogP) is 6.86. The van der Waals surface area contributed by atoms with E-state index < -0.39 is 0 Å². The molecule has 16 heteroatoms. The molecule has 0 saturated heterocycles. The molecule has 2 aliphatic carbocycles. The Morgan fingerprint density at radius 3 is 2.14 bits per heavy atom. The van der Waals surface area contributed by atoms with E-state index in [0.29, 0.717) is 29.0 Å². The van der Waals surface area contributed by atoms with Gasteiger partial charge < -0.3 is 30.8 Å². The number of hydrogen-bond donors (Lipinski definition) is 6. The molecule has 0 spiro atoms. The smallest absolute Gasteiger partial charge is 0.232 e. The number of fused-ring (bicyclic) bond motifs is 2. The van der Waals surface area contributed by atoms with Crippen LogP contribution in [0.3, 0.4) is 0 Å². The molecule has 0 aliphatic heterocycles. The fraction of sp³-hybridized carbons (Fsp3) is 0.471. The SMILES string of the molecule is CC(C)n1ccc(Nc2nc(NCC3CC3)c3cc[nH]c3n2)n1.CCC1CC1.CN(C)CCn1cc(Nc2nc(NF)c3cc[nH]c3n2)cn1. The Kier molecular flexibility index (Phi) is 11.1. The summed E-state index contributed by atoms with van der Waals surface area (Å²) in [5.41, 5.74) is 3.70. The van der Waals surface area contributed by atoms with Gasteiger partial charge in [-0.2, -0.15) is 30.1 Å². The third-order valence-electron chi connectivity index (χ3n) is 8.49. The summed E-state index contributed by atoms with van der Waals surface area (Å²) in [7, 11) is 4.02. The third-order valence-corrected chi connectivity index (χ3v) is 8.49. The molecular weight excluding hydrogens is 637 g/mol. The van der Waals surface area contributed by atoms with Crippen LogP contribution in [0.25, 0.3) is 22.1 Å². The van der Waals surface area contributed by atoms with Gasteiger partial charge in [-0.1, -0.05) is 26.2 Å². The van der Waals surface area contributed by atoms with Gasteiger partial charge in [-0.3, -0.25) is 9.36 Å². The van der Waals surface area contributed by atoms with E-state index in [1.807, 2.05) is 54.2 Å². The van der Waals surface area contributed by atoms with Gasteiger partial charge in [-0.05, 0) is 64.8 Å². The van der Waals surface area contributed by atoms with Crippen molar-refractivity contribution in [2.24, 2.45) is 11.8 Å². The van der Waals surface area contributed by atoms with Crippen molar-refractivity contribution in [3.63, 3.8) is 0 Å². The average molecular weight is 686 g/mol. The number of H-pyrrole nitrogens is 2. The van der Waals surface area contributed by atoms with Crippen molar-refractivity contribution in [1.82, 2.24) is 54.4 Å². The zero-order valence-electron chi connectivity index (χ0n) is 29.4. The van der Waals surface area contributed by atoms with Gasteiger partial charge in [0, 0.05) is 50.0 Å². The van der Waals surface area contributed by atoms with E-state index in [-0.39, 0.29) is 5.82 Å². The molecule has 6 aromatic heterocycles. The highest BCUT2D eigenvalue weighted by atomic mass is 19.2. The number of hydrogen-bond acceptors (Lipinski definition) is 11. The van der Waals surface area contributed by atoms with Crippen LogP contribution in [-0.2, 0) is 6.54 Å². The van der Waals surface area contributed by atoms with Crippen LogP contribution in [0.4, 0.5) is 39.5 Å². The van der Waals surface area contributed by atoms with Crippen molar-refractivity contribution >= 4 is 57.1 Å². The van der Waals surface area contributed by atoms with E-state index in [1.165, 1.54) is 32.1 Å². The second-order valence-corrected chi connectivity index (χ2v) is 13.4. The summed E-state index contributed by atoms with van der Waals surface area (Å²) in [6.07, 6.45) is 16.1. The molecular formula is C34H48FN15. The lowest BCUT2D eigenvalue weighted by Crippen LogP contribution is -2.18. The van der Waals surface area contributed by atoms with Crippen molar-refractivity contribution in [3.05, 3.63) is 49.2 Å². The van der Waals surface area contributed by atoms with Crippen LogP contribution in [0.15, 0.2) is 49.2 Å². The molecule has 0 atom stereocenters. The summed E-state index contributed by atoms with van der Waals surface area (Å²) >= 11 is 0. The van der Waals surface area contributed by atoms with Crippen LogP contribution in [0.2, 0.25) is 0 Å². The standard InChI is InChI=1S/C16H21N7.C13H17FN8.C5H10/c1-10(2)23-8-6-13(22-23)19-16-20-14-12(5-7-17-14)15(21-16)18-9-11-3-4-11;1-21(2)5-6-22-8-9(7-16-22)17-13-18-11-10(3-4-15-11)12(19-13)20-14;1-2-5-3-4-5/h5-8,10-11H,3-4,9H2,1-2H3,(H3,17,18,19,20,21,22);3-4,7-8H,5-6H2,1-2H3,(H3,15,17,18,19,20);5H,2-4H2,1H3. The Morgan fingerprint density at radius 1 is 0.900 bits per heavy atom. The fourth-order valence-corrected chi connectivity index (χ4v) is 5.08. The summed E-state index contributed by atoms with van der Waals surface area (Å²) in [4.78, 5) is 25.7. The topological polar surface area (TPSA) is 170 Å².